The molecule has 25 heavy (non-hydrogen) atoms. The Labute approximate surface area is 154 Å². The number of nitrogens with one attached hydrogen (secondary N) is 1. The Morgan fingerprint density at radius 2 is 1.88 bits per heavy atom. The first-order chi connectivity index (χ1) is 11.8. The summed E-state index contributed by atoms with van der Waals surface area (Å²) in [5.41, 5.74) is 4.50. The summed E-state index contributed by atoms with van der Waals surface area (Å²) < 4.78 is 0. The molecule has 0 radical (unpaired) electrons. The van der Waals surface area contributed by atoms with E-state index in [-0.39, 0.29) is 18.3 Å². The van der Waals surface area contributed by atoms with Gasteiger partial charge >= 0.3 is 0 Å². The SMILES string of the molecule is CCCCCCC1=Nc2cccnc2N(C(=O)c2ccccc2)N1.Cl. The van der Waals surface area contributed by atoms with Gasteiger partial charge in [0, 0.05) is 18.2 Å². The third kappa shape index (κ3) is 4.57. The first-order valence-electron chi connectivity index (χ1n) is 8.48. The van der Waals surface area contributed by atoms with Crippen LogP contribution in [0.5, 0.6) is 0 Å². The molecule has 0 atom stereocenters. The van der Waals surface area contributed by atoms with E-state index < -0.39 is 0 Å². The molecule has 1 aromatic heterocycles. The van der Waals surface area contributed by atoms with Crippen molar-refractivity contribution < 1.29 is 4.79 Å². The van der Waals surface area contributed by atoms with Crippen molar-refractivity contribution in [3.63, 3.8) is 0 Å². The van der Waals surface area contributed by atoms with Gasteiger partial charge in [0.1, 0.15) is 11.5 Å². The molecule has 0 saturated carbocycles. The highest BCUT2D eigenvalue weighted by atomic mass is 35.5. The number of benzene rings is 1. The second-order valence-electron chi connectivity index (χ2n) is 5.83. The number of nitrogens with zero attached hydrogens (tertiary/aromatic N) is 3. The summed E-state index contributed by atoms with van der Waals surface area (Å²) in [6.07, 6.45) is 7.15. The largest absolute Gasteiger partial charge is 0.278 e. The van der Waals surface area contributed by atoms with E-state index in [1.165, 1.54) is 24.3 Å². The highest BCUT2D eigenvalue weighted by molar-refractivity contribution is 6.10. The van der Waals surface area contributed by atoms with Crippen molar-refractivity contribution in [3.05, 3.63) is 54.2 Å². The van der Waals surface area contributed by atoms with Gasteiger partial charge in [-0.1, -0.05) is 44.4 Å². The van der Waals surface area contributed by atoms with Crippen molar-refractivity contribution in [2.45, 2.75) is 39.0 Å². The molecule has 1 aliphatic rings. The van der Waals surface area contributed by atoms with Crippen molar-refractivity contribution in [2.75, 3.05) is 5.01 Å². The molecule has 6 heteroatoms. The van der Waals surface area contributed by atoms with Gasteiger partial charge in [-0.05, 0) is 30.7 Å². The molecule has 1 N–H and O–H groups in total. The summed E-state index contributed by atoms with van der Waals surface area (Å²) in [4.78, 5) is 21.8. The molecule has 1 amide bonds. The molecule has 0 fully saturated rings. The highest BCUT2D eigenvalue weighted by Crippen LogP contribution is 2.29. The number of rotatable bonds is 6. The van der Waals surface area contributed by atoms with E-state index >= 15 is 0 Å². The first kappa shape index (κ1) is 18.9. The van der Waals surface area contributed by atoms with Crippen molar-refractivity contribution in [2.24, 2.45) is 4.99 Å². The number of carbonyl (C=O) groups is 1. The summed E-state index contributed by atoms with van der Waals surface area (Å²) in [5.74, 6) is 1.23. The monoisotopic (exact) mass is 358 g/mol. The molecule has 0 aliphatic carbocycles. The minimum Gasteiger partial charge on any atom is -0.276 e. The van der Waals surface area contributed by atoms with Crippen LogP contribution in [0.1, 0.15) is 49.4 Å². The lowest BCUT2D eigenvalue weighted by atomic mass is 10.1. The number of aromatic nitrogens is 1. The van der Waals surface area contributed by atoms with E-state index in [1.807, 2.05) is 30.3 Å². The Kier molecular flexibility index (Phi) is 6.95. The van der Waals surface area contributed by atoms with Crippen molar-refractivity contribution >= 4 is 35.7 Å². The number of amides is 1. The minimum atomic E-state index is -0.128. The number of halogens is 1. The van der Waals surface area contributed by atoms with Gasteiger partial charge in [0.15, 0.2) is 5.82 Å². The van der Waals surface area contributed by atoms with Crippen LogP contribution >= 0.6 is 12.4 Å². The number of hydrogen-bond donors (Lipinski definition) is 1. The number of carbonyl (C=O) groups excluding carboxylic acids is 1. The van der Waals surface area contributed by atoms with Crippen LogP contribution in [-0.2, 0) is 0 Å². The fourth-order valence-corrected chi connectivity index (χ4v) is 2.69. The summed E-state index contributed by atoms with van der Waals surface area (Å²) in [5, 5.41) is 1.51. The maximum atomic E-state index is 12.9. The van der Waals surface area contributed by atoms with Crippen LogP contribution in [0.3, 0.4) is 0 Å². The summed E-state index contributed by atoms with van der Waals surface area (Å²) in [7, 11) is 0. The van der Waals surface area contributed by atoms with Crippen LogP contribution in [0.15, 0.2) is 53.7 Å². The first-order valence-corrected chi connectivity index (χ1v) is 8.48. The molecule has 132 valence electrons. The van der Waals surface area contributed by atoms with E-state index in [4.69, 9.17) is 0 Å². The number of hydrazine groups is 1. The van der Waals surface area contributed by atoms with E-state index in [9.17, 15) is 4.79 Å². The molecule has 2 heterocycles. The van der Waals surface area contributed by atoms with E-state index in [0.29, 0.717) is 11.4 Å². The van der Waals surface area contributed by atoms with Crippen molar-refractivity contribution in [1.82, 2.24) is 10.4 Å². The number of unbranched alkanes of at least 4 members (excludes halogenated alkanes) is 3. The Hall–Kier alpha value is -2.40. The molecule has 5 nitrogen and oxygen atoms in total. The number of amidine groups is 1. The quantitative estimate of drug-likeness (QED) is 0.763. The lowest BCUT2D eigenvalue weighted by Crippen LogP contribution is -2.48. The third-order valence-corrected chi connectivity index (χ3v) is 3.97. The Morgan fingerprint density at radius 1 is 1.08 bits per heavy atom. The third-order valence-electron chi connectivity index (χ3n) is 3.97. The molecule has 0 spiro atoms. The van der Waals surface area contributed by atoms with E-state index in [2.05, 4.69) is 22.3 Å². The van der Waals surface area contributed by atoms with Crippen LogP contribution in [0.25, 0.3) is 0 Å². The van der Waals surface area contributed by atoms with Gasteiger partial charge in [0.05, 0.1) is 0 Å². The standard InChI is InChI=1S/C19H22N4O.ClH/c1-2-3-4-8-13-17-21-16-12-9-14-20-18(16)23(22-17)19(24)15-10-6-5-7-11-15;/h5-7,9-12,14H,2-4,8,13H2,1H3,(H,21,22);1H. The predicted octanol–water partition coefficient (Wildman–Crippen LogP) is 4.67. The lowest BCUT2D eigenvalue weighted by molar-refractivity contribution is 0.0979. The summed E-state index contributed by atoms with van der Waals surface area (Å²) in [6, 6.07) is 13.0. The van der Waals surface area contributed by atoms with Gasteiger partial charge in [0.25, 0.3) is 5.91 Å². The lowest BCUT2D eigenvalue weighted by Gasteiger charge is -2.28. The summed E-state index contributed by atoms with van der Waals surface area (Å²) >= 11 is 0. The van der Waals surface area contributed by atoms with Crippen LogP contribution in [0.4, 0.5) is 11.5 Å². The fraction of sp³-hybridized carbons (Fsp3) is 0.316. The molecular formula is C19H23ClN4O. The minimum absolute atomic E-state index is 0. The van der Waals surface area contributed by atoms with Crippen LogP contribution in [-0.4, -0.2) is 16.7 Å². The van der Waals surface area contributed by atoms with Gasteiger partial charge in [-0.15, -0.1) is 12.4 Å². The average molecular weight is 359 g/mol. The van der Waals surface area contributed by atoms with Gasteiger partial charge in [-0.3, -0.25) is 10.2 Å². The highest BCUT2D eigenvalue weighted by Gasteiger charge is 2.26. The molecule has 0 bridgehead atoms. The number of aliphatic imine (C=N–C) groups is 1. The fourth-order valence-electron chi connectivity index (χ4n) is 2.69. The molecular weight excluding hydrogens is 336 g/mol. The zero-order valence-corrected chi connectivity index (χ0v) is 15.1. The molecule has 0 unspecified atom stereocenters. The topological polar surface area (TPSA) is 57.6 Å². The number of fused-ring (bicyclic) bond motifs is 1. The Balaban J connectivity index is 0.00000225. The van der Waals surface area contributed by atoms with Crippen LogP contribution in [0, 0.1) is 0 Å². The van der Waals surface area contributed by atoms with Crippen LogP contribution < -0.4 is 10.4 Å². The molecule has 1 aliphatic heterocycles. The average Bonchev–Trinajstić information content (AvgIpc) is 2.65. The maximum absolute atomic E-state index is 12.9. The summed E-state index contributed by atoms with van der Waals surface area (Å²) in [6.45, 7) is 2.19. The normalized spacial score (nSPS) is 12.5. The second kappa shape index (κ2) is 9.18. The number of pyridine rings is 1. The van der Waals surface area contributed by atoms with Crippen molar-refractivity contribution in [1.29, 1.82) is 0 Å². The molecule has 0 saturated heterocycles. The zero-order chi connectivity index (χ0) is 16.8. The van der Waals surface area contributed by atoms with E-state index in [1.54, 1.807) is 18.3 Å². The number of hydrogen-bond acceptors (Lipinski definition) is 4. The number of anilines is 1. The second-order valence-corrected chi connectivity index (χ2v) is 5.83. The predicted molar refractivity (Wildman–Crippen MR) is 104 cm³/mol. The van der Waals surface area contributed by atoms with Gasteiger partial charge < -0.3 is 0 Å². The van der Waals surface area contributed by atoms with E-state index in [0.717, 1.165) is 24.4 Å². The van der Waals surface area contributed by atoms with Gasteiger partial charge in [0.2, 0.25) is 0 Å². The van der Waals surface area contributed by atoms with Crippen molar-refractivity contribution in [3.8, 4) is 0 Å². The Bertz CT molecular complexity index is 733. The Morgan fingerprint density at radius 3 is 2.64 bits per heavy atom. The zero-order valence-electron chi connectivity index (χ0n) is 14.3. The van der Waals surface area contributed by atoms with Gasteiger partial charge in [-0.25, -0.2) is 9.98 Å². The smallest absolute Gasteiger partial charge is 0.276 e. The maximum Gasteiger partial charge on any atom is 0.278 e. The molecule has 2 aromatic rings. The van der Waals surface area contributed by atoms with Crippen LogP contribution in [0.2, 0.25) is 0 Å². The molecule has 1 aromatic carbocycles. The molecule has 3 rings (SSSR count). The van der Waals surface area contributed by atoms with Gasteiger partial charge in [-0.2, -0.15) is 5.01 Å².